The SMILES string of the molecule is Cc1ccc(C(C(=O)NCc2ccccc2)N(C(=O)c2snc(C(N)=O)c2N)c2ccccc2C)cc1. The molecule has 0 saturated heterocycles. The van der Waals surface area contributed by atoms with Crippen LogP contribution in [0.1, 0.15) is 48.5 Å². The van der Waals surface area contributed by atoms with Gasteiger partial charge in [-0.2, -0.15) is 4.37 Å². The molecule has 0 aliphatic carbocycles. The van der Waals surface area contributed by atoms with E-state index in [9.17, 15) is 14.4 Å². The highest BCUT2D eigenvalue weighted by Crippen LogP contribution is 2.34. The molecule has 3 aromatic carbocycles. The first kappa shape index (κ1) is 25.6. The van der Waals surface area contributed by atoms with E-state index in [-0.39, 0.29) is 28.7 Å². The number of nitrogens with two attached hydrogens (primary N) is 2. The first-order chi connectivity index (χ1) is 17.8. The lowest BCUT2D eigenvalue weighted by molar-refractivity contribution is -0.122. The van der Waals surface area contributed by atoms with Crippen LogP contribution in [-0.2, 0) is 11.3 Å². The summed E-state index contributed by atoms with van der Waals surface area (Å²) in [6.07, 6.45) is 0. The summed E-state index contributed by atoms with van der Waals surface area (Å²) >= 11 is 0.780. The minimum Gasteiger partial charge on any atom is -0.395 e. The smallest absolute Gasteiger partial charge is 0.273 e. The van der Waals surface area contributed by atoms with E-state index in [0.29, 0.717) is 11.3 Å². The van der Waals surface area contributed by atoms with Crippen molar-refractivity contribution in [3.05, 3.63) is 112 Å². The fraction of sp³-hybridized carbons (Fsp3) is 0.143. The minimum atomic E-state index is -1.03. The third-order valence-electron chi connectivity index (χ3n) is 5.96. The Morgan fingerprint density at radius 2 is 1.59 bits per heavy atom. The first-order valence-electron chi connectivity index (χ1n) is 11.6. The molecule has 188 valence electrons. The van der Waals surface area contributed by atoms with Gasteiger partial charge < -0.3 is 16.8 Å². The number of hydrogen-bond acceptors (Lipinski definition) is 6. The molecular weight excluding hydrogens is 486 g/mol. The number of primary amides is 1. The average Bonchev–Trinajstić information content (AvgIpc) is 3.29. The van der Waals surface area contributed by atoms with Crippen molar-refractivity contribution in [1.82, 2.24) is 9.69 Å². The summed E-state index contributed by atoms with van der Waals surface area (Å²) in [4.78, 5) is 41.1. The van der Waals surface area contributed by atoms with Crippen LogP contribution in [-0.4, -0.2) is 22.1 Å². The Morgan fingerprint density at radius 1 is 0.946 bits per heavy atom. The minimum absolute atomic E-state index is 0.0324. The van der Waals surface area contributed by atoms with Crippen LogP contribution >= 0.6 is 11.5 Å². The number of nitrogens with zero attached hydrogens (tertiary/aromatic N) is 2. The second kappa shape index (κ2) is 11.0. The molecule has 4 rings (SSSR count). The monoisotopic (exact) mass is 513 g/mol. The maximum absolute atomic E-state index is 14.1. The molecule has 5 N–H and O–H groups in total. The Morgan fingerprint density at radius 3 is 2.22 bits per heavy atom. The van der Waals surface area contributed by atoms with Crippen LogP contribution in [0.2, 0.25) is 0 Å². The van der Waals surface area contributed by atoms with Gasteiger partial charge >= 0.3 is 0 Å². The van der Waals surface area contributed by atoms with Gasteiger partial charge in [-0.05, 0) is 48.1 Å². The molecule has 4 aromatic rings. The van der Waals surface area contributed by atoms with E-state index >= 15 is 0 Å². The van der Waals surface area contributed by atoms with Crippen molar-refractivity contribution in [2.45, 2.75) is 26.4 Å². The summed E-state index contributed by atoms with van der Waals surface area (Å²) in [6.45, 7) is 4.09. The zero-order chi connectivity index (χ0) is 26.5. The van der Waals surface area contributed by atoms with E-state index in [0.717, 1.165) is 28.2 Å². The van der Waals surface area contributed by atoms with Gasteiger partial charge in [0.15, 0.2) is 5.69 Å². The summed E-state index contributed by atoms with van der Waals surface area (Å²) in [7, 11) is 0. The summed E-state index contributed by atoms with van der Waals surface area (Å²) in [5.41, 5.74) is 15.1. The fourth-order valence-corrected chi connectivity index (χ4v) is 4.73. The molecule has 37 heavy (non-hydrogen) atoms. The van der Waals surface area contributed by atoms with Crippen molar-refractivity contribution < 1.29 is 14.4 Å². The van der Waals surface area contributed by atoms with E-state index in [2.05, 4.69) is 9.69 Å². The van der Waals surface area contributed by atoms with Gasteiger partial charge in [0.2, 0.25) is 5.91 Å². The number of amides is 3. The molecule has 0 radical (unpaired) electrons. The number of aryl methyl sites for hydroxylation is 2. The third kappa shape index (κ3) is 5.52. The number of anilines is 2. The van der Waals surface area contributed by atoms with Crippen molar-refractivity contribution in [3.8, 4) is 0 Å². The first-order valence-corrected chi connectivity index (χ1v) is 12.4. The van der Waals surface area contributed by atoms with Gasteiger partial charge in [0.05, 0.1) is 5.69 Å². The molecule has 0 saturated carbocycles. The van der Waals surface area contributed by atoms with Crippen LogP contribution < -0.4 is 21.7 Å². The summed E-state index contributed by atoms with van der Waals surface area (Å²) in [5, 5.41) is 2.98. The Labute approximate surface area is 219 Å². The van der Waals surface area contributed by atoms with Crippen LogP contribution in [0.15, 0.2) is 78.9 Å². The highest BCUT2D eigenvalue weighted by molar-refractivity contribution is 7.09. The zero-order valence-corrected chi connectivity index (χ0v) is 21.3. The second-order valence-electron chi connectivity index (χ2n) is 8.62. The van der Waals surface area contributed by atoms with E-state index < -0.39 is 17.9 Å². The highest BCUT2D eigenvalue weighted by Gasteiger charge is 2.36. The summed E-state index contributed by atoms with van der Waals surface area (Å²) < 4.78 is 3.99. The molecule has 0 aliphatic heterocycles. The van der Waals surface area contributed by atoms with Crippen LogP contribution in [0.4, 0.5) is 11.4 Å². The number of nitrogen functional groups attached to an aromatic ring is 1. The van der Waals surface area contributed by atoms with Crippen LogP contribution in [0.5, 0.6) is 0 Å². The quantitative estimate of drug-likeness (QED) is 0.326. The summed E-state index contributed by atoms with van der Waals surface area (Å²) in [5.74, 6) is -1.76. The van der Waals surface area contributed by atoms with E-state index in [1.165, 1.54) is 4.90 Å². The molecule has 1 atom stereocenters. The molecule has 0 bridgehead atoms. The van der Waals surface area contributed by atoms with Crippen molar-refractivity contribution in [3.63, 3.8) is 0 Å². The predicted molar refractivity (Wildman–Crippen MR) is 145 cm³/mol. The molecule has 0 aliphatic rings. The van der Waals surface area contributed by atoms with Crippen molar-refractivity contribution >= 4 is 40.6 Å². The van der Waals surface area contributed by atoms with Crippen molar-refractivity contribution in [1.29, 1.82) is 0 Å². The Kier molecular flexibility index (Phi) is 7.64. The second-order valence-corrected chi connectivity index (χ2v) is 9.39. The molecule has 3 amide bonds. The maximum Gasteiger partial charge on any atom is 0.273 e. The van der Waals surface area contributed by atoms with Gasteiger partial charge in [0, 0.05) is 12.2 Å². The molecule has 8 nitrogen and oxygen atoms in total. The lowest BCUT2D eigenvalue weighted by atomic mass is 10.00. The van der Waals surface area contributed by atoms with Crippen molar-refractivity contribution in [2.75, 3.05) is 10.6 Å². The topological polar surface area (TPSA) is 131 Å². The standard InChI is InChI=1S/C28H27N5O3S/c1-17-12-14-20(15-13-17)24(27(35)31-16-19-9-4-3-5-10-19)33(21-11-7-6-8-18(21)2)28(36)25-22(29)23(26(30)34)32-37-25/h3-15,24H,16,29H2,1-2H3,(H2,30,34)(H,31,35). The number of carbonyl (C=O) groups excluding carboxylic acids is 3. The van der Waals surface area contributed by atoms with Gasteiger partial charge in [-0.3, -0.25) is 19.3 Å². The Hall–Kier alpha value is -4.50. The number of carbonyl (C=O) groups is 3. The third-order valence-corrected chi connectivity index (χ3v) is 6.81. The van der Waals surface area contributed by atoms with Crippen LogP contribution in [0.3, 0.4) is 0 Å². The molecule has 0 fully saturated rings. The van der Waals surface area contributed by atoms with Crippen LogP contribution in [0, 0.1) is 13.8 Å². The molecule has 1 unspecified atom stereocenters. The number of aromatic nitrogens is 1. The molecule has 9 heteroatoms. The van der Waals surface area contributed by atoms with E-state index in [1.807, 2.05) is 80.6 Å². The van der Waals surface area contributed by atoms with Crippen molar-refractivity contribution in [2.24, 2.45) is 5.73 Å². The number of rotatable bonds is 8. The molecular formula is C28H27N5O3S. The van der Waals surface area contributed by atoms with Gasteiger partial charge in [-0.1, -0.05) is 78.4 Å². The van der Waals surface area contributed by atoms with Gasteiger partial charge in [0.1, 0.15) is 10.9 Å². The predicted octanol–water partition coefficient (Wildman–Crippen LogP) is 4.15. The fourth-order valence-electron chi connectivity index (χ4n) is 3.99. The largest absolute Gasteiger partial charge is 0.395 e. The normalized spacial score (nSPS) is 11.5. The van der Waals surface area contributed by atoms with E-state index in [4.69, 9.17) is 11.5 Å². The molecule has 0 spiro atoms. The number of para-hydroxylation sites is 1. The Bertz CT molecular complexity index is 1430. The Balaban J connectivity index is 1.84. The lowest BCUT2D eigenvalue weighted by Crippen LogP contribution is -2.44. The molecule has 1 heterocycles. The lowest BCUT2D eigenvalue weighted by Gasteiger charge is -2.32. The maximum atomic E-state index is 14.1. The van der Waals surface area contributed by atoms with Crippen LogP contribution in [0.25, 0.3) is 0 Å². The van der Waals surface area contributed by atoms with Gasteiger partial charge in [0.25, 0.3) is 11.8 Å². The van der Waals surface area contributed by atoms with Gasteiger partial charge in [-0.15, -0.1) is 0 Å². The number of benzene rings is 3. The highest BCUT2D eigenvalue weighted by atomic mass is 32.1. The average molecular weight is 514 g/mol. The van der Waals surface area contributed by atoms with E-state index in [1.54, 1.807) is 12.1 Å². The molecule has 1 aromatic heterocycles. The summed E-state index contributed by atoms with van der Waals surface area (Å²) in [6, 6.07) is 23.2. The number of hydrogen-bond donors (Lipinski definition) is 3. The van der Waals surface area contributed by atoms with Gasteiger partial charge in [-0.25, -0.2) is 0 Å². The number of nitrogens with one attached hydrogen (secondary N) is 1. The zero-order valence-electron chi connectivity index (χ0n) is 20.5.